The summed E-state index contributed by atoms with van der Waals surface area (Å²) in [6, 6.07) is 2.97. The fourth-order valence-electron chi connectivity index (χ4n) is 1.57. The zero-order valence-corrected chi connectivity index (χ0v) is 12.9. The third-order valence-electron chi connectivity index (χ3n) is 2.54. The Bertz CT molecular complexity index is 524. The Balaban J connectivity index is 2.43. The summed E-state index contributed by atoms with van der Waals surface area (Å²) < 4.78 is 31.5. The monoisotopic (exact) mass is 321 g/mol. The number of carboxylic acids is 1. The van der Waals surface area contributed by atoms with E-state index in [1.165, 1.54) is 12.1 Å². The minimum absolute atomic E-state index is 0.156. The summed E-state index contributed by atoms with van der Waals surface area (Å²) >= 11 is 0.989. The summed E-state index contributed by atoms with van der Waals surface area (Å²) in [5.41, 5.74) is 0. The number of hydrogen-bond acceptors (Lipinski definition) is 5. The van der Waals surface area contributed by atoms with Crippen molar-refractivity contribution in [2.24, 2.45) is 0 Å². The second-order valence-corrected chi connectivity index (χ2v) is 7.40. The molecule has 1 aromatic heterocycles. The molecule has 20 heavy (non-hydrogen) atoms. The maximum Gasteiger partial charge on any atom is 0.308 e. The van der Waals surface area contributed by atoms with Crippen LogP contribution >= 0.6 is 11.3 Å². The Morgan fingerprint density at radius 1 is 1.35 bits per heavy atom. The molecule has 0 amide bonds. The van der Waals surface area contributed by atoms with E-state index in [-0.39, 0.29) is 10.6 Å². The Hall–Kier alpha value is -0.960. The molecule has 0 aliphatic carbocycles. The van der Waals surface area contributed by atoms with E-state index in [4.69, 9.17) is 9.84 Å². The molecule has 0 saturated heterocycles. The highest BCUT2D eigenvalue weighted by Gasteiger charge is 2.16. The van der Waals surface area contributed by atoms with Gasteiger partial charge in [-0.3, -0.25) is 4.79 Å². The zero-order chi connectivity index (χ0) is 15.0. The lowest BCUT2D eigenvalue weighted by molar-refractivity contribution is -0.136. The number of rotatable bonds is 10. The van der Waals surface area contributed by atoms with Crippen molar-refractivity contribution in [2.75, 3.05) is 20.3 Å². The fourth-order valence-corrected chi connectivity index (χ4v) is 4.04. The van der Waals surface area contributed by atoms with Crippen LogP contribution in [0.2, 0.25) is 0 Å². The average molecular weight is 321 g/mol. The van der Waals surface area contributed by atoms with E-state index >= 15 is 0 Å². The van der Waals surface area contributed by atoms with E-state index < -0.39 is 16.0 Å². The van der Waals surface area contributed by atoms with Gasteiger partial charge in [0.05, 0.1) is 6.42 Å². The highest BCUT2D eigenvalue weighted by molar-refractivity contribution is 7.91. The molecule has 2 N–H and O–H groups in total. The number of aliphatic carboxylic acids is 1. The van der Waals surface area contributed by atoms with Crippen LogP contribution in [0.1, 0.15) is 24.1 Å². The second-order valence-electron chi connectivity index (χ2n) is 4.24. The molecule has 0 aromatic carbocycles. The molecule has 1 heterocycles. The van der Waals surface area contributed by atoms with Crippen molar-refractivity contribution in [1.82, 2.24) is 4.72 Å². The Kier molecular flexibility index (Phi) is 7.14. The lowest BCUT2D eigenvalue weighted by Crippen LogP contribution is -2.24. The van der Waals surface area contributed by atoms with Crippen LogP contribution in [-0.4, -0.2) is 39.8 Å². The van der Waals surface area contributed by atoms with Gasteiger partial charge in [-0.25, -0.2) is 13.1 Å². The number of thiophene rings is 1. The molecule has 114 valence electrons. The first-order chi connectivity index (χ1) is 9.45. The molecule has 0 atom stereocenters. The number of nitrogens with one attached hydrogen (secondary N) is 1. The summed E-state index contributed by atoms with van der Waals surface area (Å²) in [6.45, 7) is 1.05. The van der Waals surface area contributed by atoms with E-state index in [1.807, 2.05) is 0 Å². The van der Waals surface area contributed by atoms with Gasteiger partial charge in [-0.15, -0.1) is 11.3 Å². The topological polar surface area (TPSA) is 92.7 Å². The predicted molar refractivity (Wildman–Crippen MR) is 76.6 cm³/mol. The van der Waals surface area contributed by atoms with Gasteiger partial charge in [-0.2, -0.15) is 0 Å². The van der Waals surface area contributed by atoms with Gasteiger partial charge in [-0.1, -0.05) is 0 Å². The van der Waals surface area contributed by atoms with E-state index in [2.05, 4.69) is 4.72 Å². The normalized spacial score (nSPS) is 11.7. The highest BCUT2D eigenvalue weighted by Crippen LogP contribution is 2.21. The largest absolute Gasteiger partial charge is 0.481 e. The molecular formula is C12H19NO5S2. The predicted octanol–water partition coefficient (Wildman–Crippen LogP) is 1.47. The van der Waals surface area contributed by atoms with Crippen LogP contribution in [0.25, 0.3) is 0 Å². The molecule has 0 unspecified atom stereocenters. The Labute approximate surface area is 122 Å². The summed E-state index contributed by atoms with van der Waals surface area (Å²) in [7, 11) is -1.89. The number of unbranched alkanes of at least 4 members (excludes halogenated alkanes) is 2. The molecule has 6 nitrogen and oxygen atoms in total. The first kappa shape index (κ1) is 17.1. The molecule has 0 radical (unpaired) electrons. The number of ether oxygens (including phenoxy) is 1. The Morgan fingerprint density at radius 3 is 2.75 bits per heavy atom. The van der Waals surface area contributed by atoms with Crippen LogP contribution in [0, 0.1) is 0 Å². The van der Waals surface area contributed by atoms with Gasteiger partial charge in [0, 0.05) is 25.1 Å². The van der Waals surface area contributed by atoms with Crippen LogP contribution in [-0.2, 0) is 26.0 Å². The van der Waals surface area contributed by atoms with Crippen molar-refractivity contribution in [2.45, 2.75) is 29.9 Å². The molecule has 0 bridgehead atoms. The van der Waals surface area contributed by atoms with Gasteiger partial charge in [0.25, 0.3) is 0 Å². The second kappa shape index (κ2) is 8.35. The van der Waals surface area contributed by atoms with Gasteiger partial charge < -0.3 is 9.84 Å². The molecule has 0 fully saturated rings. The standard InChI is InChI=1S/C12H19NO5S2/c1-18-8-4-2-3-7-13-20(16,17)12-6-5-10(19-12)9-11(14)15/h5-6,13H,2-4,7-9H2,1H3,(H,14,15). The van der Waals surface area contributed by atoms with Crippen LogP contribution in [0.5, 0.6) is 0 Å². The average Bonchev–Trinajstić information content (AvgIpc) is 2.82. The quantitative estimate of drug-likeness (QED) is 0.637. The number of sulfonamides is 1. The van der Waals surface area contributed by atoms with Crippen LogP contribution in [0.15, 0.2) is 16.3 Å². The molecule has 0 aliphatic rings. The summed E-state index contributed by atoms with van der Waals surface area (Å²) in [5, 5.41) is 8.65. The van der Waals surface area contributed by atoms with Crippen molar-refractivity contribution in [3.8, 4) is 0 Å². The van der Waals surface area contributed by atoms with E-state index in [0.29, 0.717) is 18.0 Å². The van der Waals surface area contributed by atoms with Crippen LogP contribution in [0.4, 0.5) is 0 Å². The molecule has 1 aromatic rings. The number of hydrogen-bond donors (Lipinski definition) is 2. The summed E-state index contributed by atoms with van der Waals surface area (Å²) in [6.07, 6.45) is 2.39. The molecule has 1 rings (SSSR count). The lowest BCUT2D eigenvalue weighted by atomic mass is 10.2. The van der Waals surface area contributed by atoms with E-state index in [9.17, 15) is 13.2 Å². The zero-order valence-electron chi connectivity index (χ0n) is 11.3. The molecule has 8 heteroatoms. The van der Waals surface area contributed by atoms with Crippen LogP contribution < -0.4 is 4.72 Å². The summed E-state index contributed by atoms with van der Waals surface area (Å²) in [4.78, 5) is 11.1. The van der Waals surface area contributed by atoms with E-state index in [1.54, 1.807) is 7.11 Å². The third-order valence-corrected chi connectivity index (χ3v) is 5.58. The van der Waals surface area contributed by atoms with Crippen molar-refractivity contribution in [1.29, 1.82) is 0 Å². The lowest BCUT2D eigenvalue weighted by Gasteiger charge is -2.04. The third kappa shape index (κ3) is 6.00. The first-order valence-corrected chi connectivity index (χ1v) is 8.55. The van der Waals surface area contributed by atoms with Crippen LogP contribution in [0.3, 0.4) is 0 Å². The SMILES string of the molecule is COCCCCCNS(=O)(=O)c1ccc(CC(=O)O)s1. The van der Waals surface area contributed by atoms with Gasteiger partial charge in [-0.05, 0) is 31.4 Å². The minimum atomic E-state index is -3.52. The smallest absolute Gasteiger partial charge is 0.308 e. The van der Waals surface area contributed by atoms with Crippen molar-refractivity contribution < 1.29 is 23.1 Å². The first-order valence-electron chi connectivity index (χ1n) is 6.25. The van der Waals surface area contributed by atoms with E-state index in [0.717, 1.165) is 30.6 Å². The van der Waals surface area contributed by atoms with Gasteiger partial charge in [0.15, 0.2) is 0 Å². The minimum Gasteiger partial charge on any atom is -0.481 e. The van der Waals surface area contributed by atoms with Crippen molar-refractivity contribution >= 4 is 27.3 Å². The van der Waals surface area contributed by atoms with Gasteiger partial charge >= 0.3 is 5.97 Å². The van der Waals surface area contributed by atoms with Crippen molar-refractivity contribution in [3.63, 3.8) is 0 Å². The Morgan fingerprint density at radius 2 is 2.10 bits per heavy atom. The maximum atomic E-state index is 11.9. The van der Waals surface area contributed by atoms with Gasteiger partial charge in [0.1, 0.15) is 4.21 Å². The number of carboxylic acid groups (broad SMARTS) is 1. The maximum absolute atomic E-state index is 11.9. The molecule has 0 spiro atoms. The van der Waals surface area contributed by atoms with Crippen molar-refractivity contribution in [3.05, 3.63) is 17.0 Å². The molecular weight excluding hydrogens is 302 g/mol. The van der Waals surface area contributed by atoms with Gasteiger partial charge in [0.2, 0.25) is 10.0 Å². The fraction of sp³-hybridized carbons (Fsp3) is 0.583. The number of methoxy groups -OCH3 is 1. The summed E-state index contributed by atoms with van der Waals surface area (Å²) in [5.74, 6) is -0.970. The number of carbonyl (C=O) groups is 1. The molecule has 0 aliphatic heterocycles. The molecule has 0 saturated carbocycles. The highest BCUT2D eigenvalue weighted by atomic mass is 32.2.